The van der Waals surface area contributed by atoms with Crippen LogP contribution in [0.5, 0.6) is 5.75 Å². The summed E-state index contributed by atoms with van der Waals surface area (Å²) in [6, 6.07) is 7.54. The minimum absolute atomic E-state index is 0.122. The van der Waals surface area contributed by atoms with Crippen molar-refractivity contribution in [2.75, 3.05) is 7.05 Å². The minimum Gasteiger partial charge on any atom is -0.505 e. The first-order valence-corrected chi connectivity index (χ1v) is 7.37. The number of pyridine rings is 1. The maximum absolute atomic E-state index is 13.2. The van der Waals surface area contributed by atoms with Crippen LogP contribution in [0.25, 0.3) is 11.3 Å². The molecular formula is C17H17FN4O2. The third-order valence-electron chi connectivity index (χ3n) is 4.20. The number of rotatable bonds is 2. The van der Waals surface area contributed by atoms with Crippen molar-refractivity contribution >= 4 is 11.9 Å². The molecule has 3 rings (SSSR count). The lowest BCUT2D eigenvalue weighted by Crippen LogP contribution is -2.47. The summed E-state index contributed by atoms with van der Waals surface area (Å²) in [7, 11) is 1.58. The van der Waals surface area contributed by atoms with E-state index in [-0.39, 0.29) is 18.3 Å². The number of carbonyl (C=O) groups is 1. The number of aromatic hydroxyl groups is 1. The molecule has 0 saturated heterocycles. The molecule has 1 amide bonds. The van der Waals surface area contributed by atoms with Gasteiger partial charge in [-0.3, -0.25) is 14.7 Å². The number of hydrogen-bond donors (Lipinski definition) is 2. The van der Waals surface area contributed by atoms with Crippen molar-refractivity contribution in [1.82, 2.24) is 9.88 Å². The van der Waals surface area contributed by atoms with Gasteiger partial charge in [-0.25, -0.2) is 9.38 Å². The van der Waals surface area contributed by atoms with Crippen molar-refractivity contribution in [2.45, 2.75) is 18.9 Å². The van der Waals surface area contributed by atoms with Crippen molar-refractivity contribution < 1.29 is 14.3 Å². The molecule has 124 valence electrons. The number of carbonyl (C=O) groups excluding carboxylic acids is 1. The first-order chi connectivity index (χ1) is 11.3. The summed E-state index contributed by atoms with van der Waals surface area (Å²) in [5.74, 6) is -1.10. The largest absolute Gasteiger partial charge is 0.505 e. The first kappa shape index (κ1) is 15.9. The van der Waals surface area contributed by atoms with E-state index in [4.69, 9.17) is 5.73 Å². The van der Waals surface area contributed by atoms with Gasteiger partial charge in [0.15, 0.2) is 17.5 Å². The number of amides is 1. The maximum Gasteiger partial charge on any atom is 0.231 e. The van der Waals surface area contributed by atoms with Gasteiger partial charge in [0.25, 0.3) is 0 Å². The van der Waals surface area contributed by atoms with E-state index >= 15 is 0 Å². The normalized spacial score (nSPS) is 20.9. The quantitative estimate of drug-likeness (QED) is 0.882. The summed E-state index contributed by atoms with van der Waals surface area (Å²) in [5, 5.41) is 9.54. The number of nitrogens with zero attached hydrogens (tertiary/aromatic N) is 3. The van der Waals surface area contributed by atoms with Crippen LogP contribution in [-0.2, 0) is 10.3 Å². The van der Waals surface area contributed by atoms with E-state index in [2.05, 4.69) is 9.98 Å². The number of phenolic OH excluding ortho intramolecular Hbond substituents is 1. The third kappa shape index (κ3) is 2.68. The molecule has 0 unspecified atom stereocenters. The van der Waals surface area contributed by atoms with E-state index in [0.717, 1.165) is 5.56 Å². The Morgan fingerprint density at radius 3 is 2.75 bits per heavy atom. The van der Waals surface area contributed by atoms with Gasteiger partial charge in [-0.05, 0) is 42.8 Å². The number of guanidine groups is 1. The summed E-state index contributed by atoms with van der Waals surface area (Å²) in [6.07, 6.45) is 1.77. The van der Waals surface area contributed by atoms with Gasteiger partial charge in [-0.1, -0.05) is 0 Å². The van der Waals surface area contributed by atoms with Crippen LogP contribution in [0, 0.1) is 5.82 Å². The summed E-state index contributed by atoms with van der Waals surface area (Å²) >= 11 is 0. The molecule has 1 aliphatic rings. The molecule has 24 heavy (non-hydrogen) atoms. The molecule has 2 aromatic rings. The molecule has 1 aromatic heterocycles. The van der Waals surface area contributed by atoms with Crippen molar-refractivity contribution in [3.63, 3.8) is 0 Å². The molecular weight excluding hydrogens is 311 g/mol. The zero-order chi connectivity index (χ0) is 17.5. The molecule has 0 spiro atoms. The SMILES string of the molecule is CN1C(=O)C[C@@](C)(c2ccnc(-c3ccc(F)c(O)c3)c2)N=C1N. The van der Waals surface area contributed by atoms with Crippen molar-refractivity contribution in [2.24, 2.45) is 10.7 Å². The van der Waals surface area contributed by atoms with E-state index in [1.54, 1.807) is 25.4 Å². The van der Waals surface area contributed by atoms with Crippen LogP contribution in [0.3, 0.4) is 0 Å². The second-order valence-electron chi connectivity index (χ2n) is 5.97. The van der Waals surface area contributed by atoms with Crippen LogP contribution >= 0.6 is 0 Å². The molecule has 7 heteroatoms. The van der Waals surface area contributed by atoms with E-state index < -0.39 is 17.1 Å². The zero-order valence-corrected chi connectivity index (χ0v) is 13.3. The third-order valence-corrected chi connectivity index (χ3v) is 4.20. The summed E-state index contributed by atoms with van der Waals surface area (Å²) < 4.78 is 13.2. The fourth-order valence-electron chi connectivity index (χ4n) is 2.67. The van der Waals surface area contributed by atoms with Gasteiger partial charge in [0, 0.05) is 18.8 Å². The number of aromatic nitrogens is 1. The molecule has 1 aliphatic heterocycles. The number of aliphatic imine (C=N–C) groups is 1. The van der Waals surface area contributed by atoms with Gasteiger partial charge >= 0.3 is 0 Å². The Morgan fingerprint density at radius 1 is 1.33 bits per heavy atom. The molecule has 0 aliphatic carbocycles. The molecule has 2 heterocycles. The summed E-state index contributed by atoms with van der Waals surface area (Å²) in [4.78, 5) is 22.1. The van der Waals surface area contributed by atoms with E-state index in [1.165, 1.54) is 23.1 Å². The van der Waals surface area contributed by atoms with Gasteiger partial charge in [-0.2, -0.15) is 0 Å². The molecule has 0 fully saturated rings. The van der Waals surface area contributed by atoms with Gasteiger partial charge in [0.05, 0.1) is 17.7 Å². The highest BCUT2D eigenvalue weighted by Crippen LogP contribution is 2.34. The van der Waals surface area contributed by atoms with Gasteiger partial charge < -0.3 is 10.8 Å². The fraction of sp³-hybridized carbons (Fsp3) is 0.235. The number of hydrogen-bond acceptors (Lipinski definition) is 5. The van der Waals surface area contributed by atoms with Crippen molar-refractivity contribution in [1.29, 1.82) is 0 Å². The lowest BCUT2D eigenvalue weighted by molar-refractivity contribution is -0.128. The Labute approximate surface area is 138 Å². The van der Waals surface area contributed by atoms with Crippen molar-refractivity contribution in [3.8, 4) is 17.0 Å². The fourth-order valence-corrected chi connectivity index (χ4v) is 2.67. The number of nitrogens with two attached hydrogens (primary N) is 1. The van der Waals surface area contributed by atoms with Gasteiger partial charge in [0.2, 0.25) is 5.91 Å². The molecule has 0 saturated carbocycles. The lowest BCUT2D eigenvalue weighted by Gasteiger charge is -2.33. The first-order valence-electron chi connectivity index (χ1n) is 7.37. The maximum atomic E-state index is 13.2. The average Bonchev–Trinajstić information content (AvgIpc) is 2.55. The molecule has 1 aromatic carbocycles. The molecule has 3 N–H and O–H groups in total. The minimum atomic E-state index is -0.798. The monoisotopic (exact) mass is 328 g/mol. The van der Waals surface area contributed by atoms with Crippen LogP contribution in [0.4, 0.5) is 4.39 Å². The summed E-state index contributed by atoms with van der Waals surface area (Å²) in [5.41, 5.74) is 6.91. The van der Waals surface area contributed by atoms with E-state index in [9.17, 15) is 14.3 Å². The molecule has 0 bridgehead atoms. The standard InChI is InChI=1S/C17H17FN4O2/c1-17(9-15(24)22(2)16(19)21-17)11-5-6-20-13(8-11)10-3-4-12(18)14(23)7-10/h3-8,23H,9H2,1-2H3,(H2,19,21)/t17-/m0/s1. The highest BCUT2D eigenvalue weighted by atomic mass is 19.1. The molecule has 0 radical (unpaired) electrons. The highest BCUT2D eigenvalue weighted by molar-refractivity contribution is 5.98. The van der Waals surface area contributed by atoms with Crippen LogP contribution in [0.15, 0.2) is 41.5 Å². The summed E-state index contributed by atoms with van der Waals surface area (Å²) in [6.45, 7) is 1.83. The van der Waals surface area contributed by atoms with Crippen LogP contribution < -0.4 is 5.73 Å². The lowest BCUT2D eigenvalue weighted by atomic mass is 9.87. The zero-order valence-electron chi connectivity index (χ0n) is 13.3. The van der Waals surface area contributed by atoms with E-state index in [1.807, 2.05) is 6.92 Å². The molecule has 1 atom stereocenters. The Morgan fingerprint density at radius 2 is 2.08 bits per heavy atom. The van der Waals surface area contributed by atoms with Crippen LogP contribution in [0.1, 0.15) is 18.9 Å². The van der Waals surface area contributed by atoms with Gasteiger partial charge in [0.1, 0.15) is 0 Å². The Bertz CT molecular complexity index is 852. The van der Waals surface area contributed by atoms with Crippen LogP contribution in [-0.4, -0.2) is 33.9 Å². The van der Waals surface area contributed by atoms with Crippen LogP contribution in [0.2, 0.25) is 0 Å². The Hall–Kier alpha value is -2.96. The number of benzene rings is 1. The van der Waals surface area contributed by atoms with Gasteiger partial charge in [-0.15, -0.1) is 0 Å². The number of halogens is 1. The highest BCUT2D eigenvalue weighted by Gasteiger charge is 2.36. The molecule has 6 nitrogen and oxygen atoms in total. The van der Waals surface area contributed by atoms with Crippen molar-refractivity contribution in [3.05, 3.63) is 47.9 Å². The second kappa shape index (κ2) is 5.59. The Kier molecular flexibility index (Phi) is 3.71. The Balaban J connectivity index is 2.05. The second-order valence-corrected chi connectivity index (χ2v) is 5.97. The predicted molar refractivity (Wildman–Crippen MR) is 87.7 cm³/mol. The predicted octanol–water partition coefficient (Wildman–Crippen LogP) is 1.99. The van der Waals surface area contributed by atoms with E-state index in [0.29, 0.717) is 11.3 Å². The number of phenols is 1. The average molecular weight is 328 g/mol. The smallest absolute Gasteiger partial charge is 0.231 e. The topological polar surface area (TPSA) is 91.8 Å².